The number of thioether (sulfide) groups is 1. The molecule has 1 aromatic rings. The average Bonchev–Trinajstić information content (AvgIpc) is 3.37. The van der Waals surface area contributed by atoms with Gasteiger partial charge in [0.15, 0.2) is 11.0 Å². The molecule has 1 aromatic carbocycles. The molecule has 3 fully saturated rings. The van der Waals surface area contributed by atoms with Crippen molar-refractivity contribution in [1.82, 2.24) is 9.80 Å². The minimum Gasteiger partial charge on any atom is -0.371 e. The van der Waals surface area contributed by atoms with Crippen molar-refractivity contribution in [3.63, 3.8) is 0 Å². The van der Waals surface area contributed by atoms with Gasteiger partial charge < -0.3 is 24.2 Å². The maximum Gasteiger partial charge on any atom is 0.286 e. The van der Waals surface area contributed by atoms with Crippen LogP contribution in [0.2, 0.25) is 0 Å². The lowest BCUT2D eigenvalue weighted by Gasteiger charge is -2.38. The SMILES string of the molecule is CN1CCN(C2=NC(=O)/C(=C/c3ccc(N4CCC5(CC4)OCCO5)cc3)S2)CC1. The molecule has 7 nitrogen and oxygen atoms in total. The number of amidine groups is 1. The van der Waals surface area contributed by atoms with Crippen molar-refractivity contribution in [1.29, 1.82) is 0 Å². The molecule has 1 amide bonds. The normalized spacial score (nSPS) is 26.1. The summed E-state index contributed by atoms with van der Waals surface area (Å²) in [6.07, 6.45) is 3.75. The fourth-order valence-corrected chi connectivity index (χ4v) is 5.32. The second-order valence-corrected chi connectivity index (χ2v) is 9.30. The van der Waals surface area contributed by atoms with E-state index in [1.165, 1.54) is 17.4 Å². The summed E-state index contributed by atoms with van der Waals surface area (Å²) >= 11 is 1.50. The third-order valence-electron chi connectivity index (χ3n) is 6.28. The van der Waals surface area contributed by atoms with E-state index in [1.54, 1.807) is 0 Å². The lowest BCUT2D eigenvalue weighted by atomic mass is 10.0. The maximum absolute atomic E-state index is 12.4. The summed E-state index contributed by atoms with van der Waals surface area (Å²) in [5.41, 5.74) is 2.23. The van der Waals surface area contributed by atoms with Crippen molar-refractivity contribution in [3.05, 3.63) is 34.7 Å². The number of hydrogen-bond acceptors (Lipinski definition) is 7. The highest BCUT2D eigenvalue weighted by molar-refractivity contribution is 8.18. The lowest BCUT2D eigenvalue weighted by molar-refractivity contribution is -0.169. The molecule has 0 atom stereocenters. The molecule has 30 heavy (non-hydrogen) atoms. The zero-order valence-electron chi connectivity index (χ0n) is 17.4. The predicted molar refractivity (Wildman–Crippen MR) is 120 cm³/mol. The number of nitrogens with zero attached hydrogens (tertiary/aromatic N) is 4. The second kappa shape index (κ2) is 8.34. The molecule has 160 valence electrons. The number of benzene rings is 1. The first kappa shape index (κ1) is 20.1. The van der Waals surface area contributed by atoms with E-state index in [-0.39, 0.29) is 11.7 Å². The van der Waals surface area contributed by atoms with Crippen LogP contribution in [0.1, 0.15) is 18.4 Å². The van der Waals surface area contributed by atoms with Gasteiger partial charge in [-0.2, -0.15) is 4.99 Å². The molecular formula is C22H28N4O3S. The quantitative estimate of drug-likeness (QED) is 0.670. The van der Waals surface area contributed by atoms with Crippen molar-refractivity contribution < 1.29 is 14.3 Å². The molecule has 0 saturated carbocycles. The van der Waals surface area contributed by atoms with Gasteiger partial charge >= 0.3 is 0 Å². The first-order valence-electron chi connectivity index (χ1n) is 10.7. The smallest absolute Gasteiger partial charge is 0.286 e. The number of amides is 1. The van der Waals surface area contributed by atoms with Gasteiger partial charge in [0.2, 0.25) is 0 Å². The number of ether oxygens (including phenoxy) is 2. The molecule has 5 rings (SSSR count). The molecule has 0 unspecified atom stereocenters. The van der Waals surface area contributed by atoms with Crippen LogP contribution in [0.25, 0.3) is 6.08 Å². The highest BCUT2D eigenvalue weighted by Crippen LogP contribution is 2.34. The van der Waals surface area contributed by atoms with Gasteiger partial charge in [0.1, 0.15) is 0 Å². The number of aliphatic imine (C=N–C) groups is 1. The van der Waals surface area contributed by atoms with Gasteiger partial charge in [-0.15, -0.1) is 0 Å². The highest BCUT2D eigenvalue weighted by Gasteiger charge is 2.39. The van der Waals surface area contributed by atoms with Crippen LogP contribution in [0.3, 0.4) is 0 Å². The summed E-state index contributed by atoms with van der Waals surface area (Å²) in [6.45, 7) is 7.12. The Morgan fingerprint density at radius 2 is 1.63 bits per heavy atom. The van der Waals surface area contributed by atoms with Crippen LogP contribution in [0.4, 0.5) is 5.69 Å². The van der Waals surface area contributed by atoms with Crippen LogP contribution in [-0.2, 0) is 14.3 Å². The van der Waals surface area contributed by atoms with Gasteiger partial charge in [-0.25, -0.2) is 0 Å². The van der Waals surface area contributed by atoms with Crippen LogP contribution >= 0.6 is 11.8 Å². The second-order valence-electron chi connectivity index (χ2n) is 8.29. The standard InChI is InChI=1S/C22H28N4O3S/c1-24-10-12-26(13-11-24)21-23-20(27)19(30-21)16-17-2-4-18(5-3-17)25-8-6-22(7-9-25)28-14-15-29-22/h2-5,16H,6-15H2,1H3/b19-16-. The third kappa shape index (κ3) is 4.14. The van der Waals surface area contributed by atoms with E-state index < -0.39 is 0 Å². The largest absolute Gasteiger partial charge is 0.371 e. The van der Waals surface area contributed by atoms with Crippen molar-refractivity contribution in [2.24, 2.45) is 4.99 Å². The number of anilines is 1. The fraction of sp³-hybridized carbons (Fsp3) is 0.545. The van der Waals surface area contributed by atoms with Gasteiger partial charge in [-0.05, 0) is 42.6 Å². The zero-order chi connectivity index (χ0) is 20.6. The van der Waals surface area contributed by atoms with Crippen molar-refractivity contribution in [3.8, 4) is 0 Å². The monoisotopic (exact) mass is 428 g/mol. The minimum absolute atomic E-state index is 0.129. The van der Waals surface area contributed by atoms with Crippen molar-refractivity contribution >= 4 is 34.6 Å². The predicted octanol–water partition coefficient (Wildman–Crippen LogP) is 2.25. The van der Waals surface area contributed by atoms with E-state index in [4.69, 9.17) is 9.47 Å². The molecule has 1 spiro atoms. The Labute approximate surface area is 181 Å². The number of hydrogen-bond donors (Lipinski definition) is 0. The Bertz CT molecular complexity index is 846. The minimum atomic E-state index is -0.345. The van der Waals surface area contributed by atoms with E-state index in [1.807, 2.05) is 6.08 Å². The number of likely N-dealkylation sites (N-methyl/N-ethyl adjacent to an activating group) is 1. The summed E-state index contributed by atoms with van der Waals surface area (Å²) in [5, 5.41) is 0.842. The number of piperazine rings is 1. The Kier molecular flexibility index (Phi) is 5.58. The van der Waals surface area contributed by atoms with Gasteiger partial charge in [0.05, 0.1) is 18.1 Å². The van der Waals surface area contributed by atoms with Crippen LogP contribution in [0.5, 0.6) is 0 Å². The summed E-state index contributed by atoms with van der Waals surface area (Å²) in [4.78, 5) is 24.3. The Hall–Kier alpha value is -1.87. The fourth-order valence-electron chi connectivity index (χ4n) is 4.36. The topological polar surface area (TPSA) is 57.6 Å². The Balaban J connectivity index is 1.20. The number of rotatable bonds is 2. The van der Waals surface area contributed by atoms with E-state index in [0.29, 0.717) is 18.1 Å². The summed E-state index contributed by atoms with van der Waals surface area (Å²) in [6, 6.07) is 8.42. The molecule has 0 N–H and O–H groups in total. The van der Waals surface area contributed by atoms with Crippen LogP contribution in [-0.4, -0.2) is 86.2 Å². The Morgan fingerprint density at radius 1 is 0.967 bits per heavy atom. The van der Waals surface area contributed by atoms with Gasteiger partial charge in [-0.1, -0.05) is 12.1 Å². The first-order chi connectivity index (χ1) is 14.6. The van der Waals surface area contributed by atoms with Gasteiger partial charge in [0.25, 0.3) is 5.91 Å². The summed E-state index contributed by atoms with van der Waals surface area (Å²) in [5.74, 6) is -0.474. The van der Waals surface area contributed by atoms with E-state index in [2.05, 4.69) is 51.0 Å². The molecule has 4 aliphatic heterocycles. The molecule has 3 saturated heterocycles. The molecule has 8 heteroatoms. The molecule has 0 aromatic heterocycles. The summed E-state index contributed by atoms with van der Waals surface area (Å²) < 4.78 is 11.6. The summed E-state index contributed by atoms with van der Waals surface area (Å²) in [7, 11) is 2.12. The maximum atomic E-state index is 12.4. The zero-order valence-corrected chi connectivity index (χ0v) is 18.2. The molecule has 4 aliphatic rings. The molecule has 4 heterocycles. The third-order valence-corrected chi connectivity index (χ3v) is 7.32. The molecular weight excluding hydrogens is 400 g/mol. The average molecular weight is 429 g/mol. The lowest BCUT2D eigenvalue weighted by Crippen LogP contribution is -2.46. The van der Waals surface area contributed by atoms with E-state index in [0.717, 1.165) is 62.8 Å². The Morgan fingerprint density at radius 3 is 2.30 bits per heavy atom. The molecule has 0 aliphatic carbocycles. The van der Waals surface area contributed by atoms with E-state index >= 15 is 0 Å². The number of piperidine rings is 1. The van der Waals surface area contributed by atoms with Crippen LogP contribution < -0.4 is 4.90 Å². The van der Waals surface area contributed by atoms with Crippen LogP contribution in [0, 0.1) is 0 Å². The van der Waals surface area contributed by atoms with Gasteiger partial charge in [-0.3, -0.25) is 4.79 Å². The number of carbonyl (C=O) groups is 1. The highest BCUT2D eigenvalue weighted by atomic mass is 32.2. The molecule has 0 radical (unpaired) electrons. The van der Waals surface area contributed by atoms with Crippen molar-refractivity contribution in [2.75, 3.05) is 64.4 Å². The van der Waals surface area contributed by atoms with E-state index in [9.17, 15) is 4.79 Å². The number of carbonyl (C=O) groups excluding carboxylic acids is 1. The molecule has 0 bridgehead atoms. The first-order valence-corrected chi connectivity index (χ1v) is 11.5. The van der Waals surface area contributed by atoms with Gasteiger partial charge in [0, 0.05) is 57.8 Å². The van der Waals surface area contributed by atoms with Crippen molar-refractivity contribution in [2.45, 2.75) is 18.6 Å². The van der Waals surface area contributed by atoms with Crippen LogP contribution in [0.15, 0.2) is 34.2 Å².